The number of amides is 2. The quantitative estimate of drug-likeness (QED) is 0.531. The van der Waals surface area contributed by atoms with E-state index >= 15 is 0 Å². The Morgan fingerprint density at radius 3 is 2.50 bits per heavy atom. The Morgan fingerprint density at radius 1 is 1.11 bits per heavy atom. The molecule has 204 valence electrons. The molecule has 3 heterocycles. The fourth-order valence-corrected chi connectivity index (χ4v) is 8.43. The Hall–Kier alpha value is -2.26. The van der Waals surface area contributed by atoms with E-state index in [4.69, 9.17) is 4.74 Å². The maximum absolute atomic E-state index is 14.1. The minimum Gasteiger partial charge on any atom is -0.356 e. The van der Waals surface area contributed by atoms with Gasteiger partial charge in [-0.3, -0.25) is 24.3 Å². The van der Waals surface area contributed by atoms with Crippen molar-refractivity contribution >= 4 is 40.2 Å². The highest BCUT2D eigenvalue weighted by Crippen LogP contribution is 2.63. The number of hydrogen-bond donors (Lipinski definition) is 0. The molecule has 1 aromatic heterocycles. The molecule has 8 heteroatoms. The number of rotatable bonds is 5. The van der Waals surface area contributed by atoms with Crippen LogP contribution >= 0.6 is 11.3 Å². The normalized spacial score (nSPS) is 28.9. The lowest BCUT2D eigenvalue weighted by Gasteiger charge is -2.43. The number of ether oxygens (including phenoxy) is 1. The van der Waals surface area contributed by atoms with Gasteiger partial charge in [0.15, 0.2) is 0 Å². The molecule has 2 aliphatic carbocycles. The molecule has 2 bridgehead atoms. The van der Waals surface area contributed by atoms with Gasteiger partial charge in [-0.15, -0.1) is 11.3 Å². The van der Waals surface area contributed by atoms with Crippen LogP contribution in [0.25, 0.3) is 0 Å². The average molecular weight is 537 g/mol. The van der Waals surface area contributed by atoms with Crippen LogP contribution in [0.2, 0.25) is 0 Å². The molecule has 2 saturated carbocycles. The molecule has 6 rings (SSSR count). The molecular weight excluding hydrogens is 496 g/mol. The van der Waals surface area contributed by atoms with Gasteiger partial charge in [-0.1, -0.05) is 32.9 Å². The molecule has 2 aliphatic heterocycles. The molecule has 1 saturated heterocycles. The third kappa shape index (κ3) is 4.12. The highest BCUT2D eigenvalue weighted by molar-refractivity contribution is 7.11. The number of aryl methyl sites for hydroxylation is 1. The van der Waals surface area contributed by atoms with Crippen molar-refractivity contribution in [3.8, 4) is 0 Å². The zero-order valence-corrected chi connectivity index (χ0v) is 24.1. The monoisotopic (exact) mass is 536 g/mol. The summed E-state index contributed by atoms with van der Waals surface area (Å²) in [6.07, 6.45) is 3.73. The third-order valence-electron chi connectivity index (χ3n) is 9.77. The van der Waals surface area contributed by atoms with Gasteiger partial charge in [-0.05, 0) is 62.1 Å². The van der Waals surface area contributed by atoms with Gasteiger partial charge in [-0.2, -0.15) is 0 Å². The lowest BCUT2D eigenvalue weighted by atomic mass is 9.70. The second kappa shape index (κ2) is 9.44. The van der Waals surface area contributed by atoms with Crippen molar-refractivity contribution in [3.63, 3.8) is 0 Å². The number of para-hydroxylation sites is 2. The maximum Gasteiger partial charge on any atom is 0.263 e. The smallest absolute Gasteiger partial charge is 0.263 e. The van der Waals surface area contributed by atoms with Gasteiger partial charge >= 0.3 is 0 Å². The molecule has 7 nitrogen and oxygen atoms in total. The van der Waals surface area contributed by atoms with Crippen molar-refractivity contribution < 1.29 is 14.3 Å². The molecule has 0 radical (unpaired) electrons. The fourth-order valence-electron chi connectivity index (χ4n) is 7.61. The predicted molar refractivity (Wildman–Crippen MR) is 152 cm³/mol. The van der Waals surface area contributed by atoms with E-state index in [9.17, 15) is 9.59 Å². The second-order valence-electron chi connectivity index (χ2n) is 12.7. The van der Waals surface area contributed by atoms with Crippen LogP contribution in [0.3, 0.4) is 0 Å². The third-order valence-corrected chi connectivity index (χ3v) is 10.7. The van der Waals surface area contributed by atoms with Crippen LogP contribution in [-0.4, -0.2) is 74.2 Å². The molecule has 3 fully saturated rings. The van der Waals surface area contributed by atoms with E-state index in [1.54, 1.807) is 9.80 Å². The van der Waals surface area contributed by atoms with Crippen molar-refractivity contribution in [2.75, 3.05) is 56.3 Å². The van der Waals surface area contributed by atoms with E-state index in [0.717, 1.165) is 48.1 Å². The average Bonchev–Trinajstić information content (AvgIpc) is 3.49. The number of anilines is 3. The minimum atomic E-state index is -0.0992. The van der Waals surface area contributed by atoms with Crippen LogP contribution in [0, 0.1) is 23.7 Å². The summed E-state index contributed by atoms with van der Waals surface area (Å²) in [5.74, 6) is 0.568. The van der Waals surface area contributed by atoms with Gasteiger partial charge in [0, 0.05) is 36.4 Å². The first kappa shape index (κ1) is 26.0. The molecule has 2 aromatic rings. The Kier molecular flexibility index (Phi) is 6.45. The van der Waals surface area contributed by atoms with E-state index in [1.165, 1.54) is 30.6 Å². The summed E-state index contributed by atoms with van der Waals surface area (Å²) in [5.41, 5.74) is 3.02. The largest absolute Gasteiger partial charge is 0.356 e. The first-order chi connectivity index (χ1) is 18.1. The van der Waals surface area contributed by atoms with Crippen LogP contribution in [0.4, 0.5) is 17.1 Å². The summed E-state index contributed by atoms with van der Waals surface area (Å²) in [7, 11) is 2.12. The zero-order valence-electron chi connectivity index (χ0n) is 23.3. The molecule has 38 heavy (non-hydrogen) atoms. The van der Waals surface area contributed by atoms with Gasteiger partial charge in [0.2, 0.25) is 5.91 Å². The van der Waals surface area contributed by atoms with Crippen molar-refractivity contribution in [2.24, 2.45) is 16.7 Å². The van der Waals surface area contributed by atoms with Crippen LogP contribution < -0.4 is 9.80 Å². The van der Waals surface area contributed by atoms with Gasteiger partial charge in [0.05, 0.1) is 35.3 Å². The molecule has 3 atom stereocenters. The van der Waals surface area contributed by atoms with E-state index in [2.05, 4.69) is 37.6 Å². The van der Waals surface area contributed by atoms with E-state index in [-0.39, 0.29) is 35.5 Å². The van der Waals surface area contributed by atoms with Crippen LogP contribution in [0.1, 0.15) is 55.3 Å². The summed E-state index contributed by atoms with van der Waals surface area (Å²) in [6.45, 7) is 13.1. The maximum atomic E-state index is 14.1. The fraction of sp³-hybridized carbons (Fsp3) is 0.600. The summed E-state index contributed by atoms with van der Waals surface area (Å²) in [5, 5.41) is 1.91. The lowest BCUT2D eigenvalue weighted by Crippen LogP contribution is -2.48. The summed E-state index contributed by atoms with van der Waals surface area (Å²) in [4.78, 5) is 37.1. The Labute approximate surface area is 230 Å². The van der Waals surface area contributed by atoms with Gasteiger partial charge in [-0.25, -0.2) is 0 Å². The predicted octanol–water partition coefficient (Wildman–Crippen LogP) is 5.12. The van der Waals surface area contributed by atoms with Gasteiger partial charge < -0.3 is 9.64 Å². The highest BCUT2D eigenvalue weighted by Gasteiger charge is 2.60. The minimum absolute atomic E-state index is 0.00192. The molecular formula is C30H40N4O3S. The molecule has 1 aromatic carbocycles. The molecule has 4 aliphatic rings. The van der Waals surface area contributed by atoms with Gasteiger partial charge in [0.25, 0.3) is 5.91 Å². The summed E-state index contributed by atoms with van der Waals surface area (Å²) >= 11 is 1.53. The number of likely N-dealkylation sites (N-methyl/N-ethyl adjacent to an activating group) is 1. The number of benzene rings is 1. The molecule has 0 spiro atoms. The van der Waals surface area contributed by atoms with Crippen molar-refractivity contribution in [1.82, 2.24) is 9.80 Å². The Balaban J connectivity index is 1.34. The van der Waals surface area contributed by atoms with E-state index in [1.807, 2.05) is 36.6 Å². The van der Waals surface area contributed by atoms with Gasteiger partial charge in [0.1, 0.15) is 6.73 Å². The van der Waals surface area contributed by atoms with E-state index < -0.39 is 0 Å². The zero-order chi connectivity index (χ0) is 26.8. The second-order valence-corrected chi connectivity index (χ2v) is 13.8. The number of thiophene rings is 1. The van der Waals surface area contributed by atoms with Crippen LogP contribution in [-0.2, 0) is 9.53 Å². The van der Waals surface area contributed by atoms with Crippen LogP contribution in [0.5, 0.6) is 0 Å². The molecule has 3 unspecified atom stereocenters. The lowest BCUT2D eigenvalue weighted by molar-refractivity contribution is -0.119. The SMILES string of the molecule is Cc1scc2c1N(C(=O)CN1CCN(C)CC1)c1ccccc1N(COC1C3(C)CCC(C3)C1(C)C)C2=O. The first-order valence-corrected chi connectivity index (χ1v) is 14.8. The topological polar surface area (TPSA) is 56.3 Å². The Bertz CT molecular complexity index is 1250. The number of carbonyl (C=O) groups is 2. The van der Waals surface area contributed by atoms with Crippen molar-refractivity contribution in [2.45, 2.75) is 53.1 Å². The number of fused-ring (bicyclic) bond motifs is 4. The number of nitrogens with zero attached hydrogens (tertiary/aromatic N) is 4. The first-order valence-electron chi connectivity index (χ1n) is 13.9. The molecule has 0 N–H and O–H groups in total. The van der Waals surface area contributed by atoms with Crippen LogP contribution in [0.15, 0.2) is 29.6 Å². The van der Waals surface area contributed by atoms with Crippen molar-refractivity contribution in [1.29, 1.82) is 0 Å². The molecule has 2 amide bonds. The van der Waals surface area contributed by atoms with Crippen molar-refractivity contribution in [3.05, 3.63) is 40.1 Å². The summed E-state index contributed by atoms with van der Waals surface area (Å²) in [6, 6.07) is 7.80. The number of carbonyl (C=O) groups excluding carboxylic acids is 2. The highest BCUT2D eigenvalue weighted by atomic mass is 32.1. The standard InChI is InChI=1S/C30H40N4O3S/c1-20-26-22(18-38-20)27(36)33(19-37-28-29(2,3)21-10-11-30(28,4)16-21)23-8-6-7-9-24(23)34(26)25(35)17-32-14-12-31(5)13-15-32/h6-9,18,21,28H,10-17,19H2,1-5H3. The Morgan fingerprint density at radius 2 is 1.82 bits per heavy atom. The number of piperazine rings is 1. The summed E-state index contributed by atoms with van der Waals surface area (Å²) < 4.78 is 6.72. The van der Waals surface area contributed by atoms with E-state index in [0.29, 0.717) is 18.0 Å². The number of hydrogen-bond acceptors (Lipinski definition) is 6.